The third-order valence-corrected chi connectivity index (χ3v) is 7.67. The second kappa shape index (κ2) is 14.2. The maximum Gasteiger partial charge on any atom is 0.241 e. The monoisotopic (exact) mass is 571 g/mol. The van der Waals surface area contributed by atoms with E-state index in [1.54, 1.807) is 20.3 Å². The number of anilines is 3. The first kappa shape index (κ1) is 29.4. The molecule has 4 aromatic rings. The predicted octanol–water partition coefficient (Wildman–Crippen LogP) is 6.98. The van der Waals surface area contributed by atoms with Crippen LogP contribution >= 0.6 is 0 Å². The third-order valence-electron chi connectivity index (χ3n) is 7.67. The molecule has 3 aromatic carbocycles. The normalized spacial score (nSPS) is 13.8. The van der Waals surface area contributed by atoms with E-state index < -0.39 is 0 Å². The number of methoxy groups -OCH3 is 2. The molecule has 0 aliphatic carbocycles. The van der Waals surface area contributed by atoms with Crippen LogP contribution in [0.2, 0.25) is 0 Å². The van der Waals surface area contributed by atoms with Crippen molar-refractivity contribution in [2.24, 2.45) is 5.92 Å². The summed E-state index contributed by atoms with van der Waals surface area (Å²) in [6.45, 7) is 2.22. The van der Waals surface area contributed by atoms with Gasteiger partial charge in [0.15, 0.2) is 6.29 Å². The Morgan fingerprint density at radius 2 is 1.45 bits per heavy atom. The minimum atomic E-state index is -0.268. The SMILES string of the molecule is COC(OC)C1CCN(c2ccc(N(C)c3ccc(OCc4ccccc4)nc3OCc3ccccc3)cc2F)CC1. The number of rotatable bonds is 12. The van der Waals surface area contributed by atoms with Crippen molar-refractivity contribution in [1.29, 1.82) is 0 Å². The van der Waals surface area contributed by atoms with Crippen LogP contribution in [0.15, 0.2) is 91.0 Å². The van der Waals surface area contributed by atoms with Crippen molar-refractivity contribution in [3.8, 4) is 11.8 Å². The van der Waals surface area contributed by atoms with Crippen LogP contribution in [0.3, 0.4) is 0 Å². The van der Waals surface area contributed by atoms with Crippen LogP contribution in [0.4, 0.5) is 21.5 Å². The minimum absolute atomic E-state index is 0.227. The van der Waals surface area contributed by atoms with Gasteiger partial charge in [0.25, 0.3) is 0 Å². The highest BCUT2D eigenvalue weighted by Gasteiger charge is 2.28. The molecule has 8 heteroatoms. The van der Waals surface area contributed by atoms with E-state index in [1.165, 1.54) is 0 Å². The molecule has 1 aliphatic rings. The van der Waals surface area contributed by atoms with Crippen molar-refractivity contribution < 1.29 is 23.3 Å². The topological polar surface area (TPSA) is 56.3 Å². The third kappa shape index (κ3) is 7.19. The van der Waals surface area contributed by atoms with Gasteiger partial charge in [0.2, 0.25) is 11.8 Å². The number of benzene rings is 3. The Balaban J connectivity index is 1.33. The van der Waals surface area contributed by atoms with Crippen LogP contribution in [0.1, 0.15) is 24.0 Å². The van der Waals surface area contributed by atoms with Crippen molar-refractivity contribution in [3.63, 3.8) is 0 Å². The quantitative estimate of drug-likeness (QED) is 0.170. The van der Waals surface area contributed by atoms with Gasteiger partial charge in [0.05, 0.1) is 5.69 Å². The maximum absolute atomic E-state index is 15.5. The molecule has 0 spiro atoms. The van der Waals surface area contributed by atoms with Crippen LogP contribution < -0.4 is 19.3 Å². The van der Waals surface area contributed by atoms with Crippen LogP contribution in [-0.4, -0.2) is 45.6 Å². The summed E-state index contributed by atoms with van der Waals surface area (Å²) < 4.78 is 38.6. The van der Waals surface area contributed by atoms with Crippen LogP contribution in [0.5, 0.6) is 11.8 Å². The molecule has 2 heterocycles. The van der Waals surface area contributed by atoms with Gasteiger partial charge in [-0.2, -0.15) is 4.98 Å². The first-order chi connectivity index (χ1) is 20.6. The van der Waals surface area contributed by atoms with E-state index in [0.29, 0.717) is 48.0 Å². The van der Waals surface area contributed by atoms with Crippen molar-refractivity contribution in [3.05, 3.63) is 108 Å². The zero-order valence-electron chi connectivity index (χ0n) is 24.4. The second-order valence-corrected chi connectivity index (χ2v) is 10.4. The fourth-order valence-electron chi connectivity index (χ4n) is 5.31. The van der Waals surface area contributed by atoms with E-state index in [1.807, 2.05) is 96.9 Å². The number of nitrogens with zero attached hydrogens (tertiary/aromatic N) is 3. The second-order valence-electron chi connectivity index (χ2n) is 10.4. The van der Waals surface area contributed by atoms with Gasteiger partial charge in [-0.1, -0.05) is 60.7 Å². The molecule has 5 rings (SSSR count). The average Bonchev–Trinajstić information content (AvgIpc) is 3.04. The van der Waals surface area contributed by atoms with Gasteiger partial charge in [-0.05, 0) is 48.2 Å². The molecule has 1 fully saturated rings. The van der Waals surface area contributed by atoms with Gasteiger partial charge in [-0.3, -0.25) is 0 Å². The maximum atomic E-state index is 15.5. The molecule has 0 radical (unpaired) electrons. The molecule has 0 bridgehead atoms. The number of piperidine rings is 1. The van der Waals surface area contributed by atoms with E-state index in [9.17, 15) is 0 Å². The van der Waals surface area contributed by atoms with E-state index in [4.69, 9.17) is 18.9 Å². The Hall–Kier alpha value is -4.14. The lowest BCUT2D eigenvalue weighted by Gasteiger charge is -2.36. The number of hydrogen-bond acceptors (Lipinski definition) is 7. The molecule has 7 nitrogen and oxygen atoms in total. The molecule has 1 aromatic heterocycles. The first-order valence-corrected chi connectivity index (χ1v) is 14.2. The molecule has 1 aliphatic heterocycles. The molecule has 0 amide bonds. The minimum Gasteiger partial charge on any atom is -0.473 e. The average molecular weight is 572 g/mol. The Morgan fingerprint density at radius 3 is 2.05 bits per heavy atom. The van der Waals surface area contributed by atoms with Gasteiger partial charge in [-0.25, -0.2) is 4.39 Å². The Morgan fingerprint density at radius 1 is 0.833 bits per heavy atom. The molecular weight excluding hydrogens is 533 g/mol. The standard InChI is InChI=1S/C34H38FN3O4/c1-37(28-14-15-30(29(35)22-28)38-20-18-27(19-21-38)34(39-2)40-3)31-16-17-32(41-23-25-10-6-4-7-11-25)36-33(31)42-24-26-12-8-5-9-13-26/h4-17,22,27,34H,18-21,23-24H2,1-3H3. The lowest BCUT2D eigenvalue weighted by Crippen LogP contribution is -2.39. The Kier molecular flexibility index (Phi) is 9.90. The van der Waals surface area contributed by atoms with Crippen LogP contribution in [-0.2, 0) is 22.7 Å². The van der Waals surface area contributed by atoms with Gasteiger partial charge in [-0.15, -0.1) is 0 Å². The molecule has 0 unspecified atom stereocenters. The van der Waals surface area contributed by atoms with Crippen molar-refractivity contribution in [2.75, 3.05) is 44.2 Å². The van der Waals surface area contributed by atoms with Crippen LogP contribution in [0, 0.1) is 11.7 Å². The molecule has 0 N–H and O–H groups in total. The molecular formula is C34H38FN3O4. The smallest absolute Gasteiger partial charge is 0.241 e. The number of halogens is 1. The summed E-state index contributed by atoms with van der Waals surface area (Å²) in [4.78, 5) is 8.66. The zero-order chi connectivity index (χ0) is 29.3. The molecule has 220 valence electrons. The predicted molar refractivity (Wildman–Crippen MR) is 163 cm³/mol. The molecule has 1 saturated heterocycles. The zero-order valence-corrected chi connectivity index (χ0v) is 24.4. The number of ether oxygens (including phenoxy) is 4. The number of pyridine rings is 1. The van der Waals surface area contributed by atoms with E-state index in [-0.39, 0.29) is 12.1 Å². The molecule has 0 saturated carbocycles. The van der Waals surface area contributed by atoms with E-state index in [0.717, 1.165) is 37.1 Å². The molecule has 42 heavy (non-hydrogen) atoms. The largest absolute Gasteiger partial charge is 0.473 e. The lowest BCUT2D eigenvalue weighted by molar-refractivity contribution is -0.141. The summed E-state index contributed by atoms with van der Waals surface area (Å²) in [7, 11) is 5.20. The van der Waals surface area contributed by atoms with E-state index >= 15 is 4.39 Å². The van der Waals surface area contributed by atoms with Gasteiger partial charge < -0.3 is 28.7 Å². The van der Waals surface area contributed by atoms with Gasteiger partial charge in [0, 0.05) is 52.0 Å². The van der Waals surface area contributed by atoms with Crippen molar-refractivity contribution in [1.82, 2.24) is 4.98 Å². The summed E-state index contributed by atoms with van der Waals surface area (Å²) >= 11 is 0. The first-order valence-electron chi connectivity index (χ1n) is 14.2. The highest BCUT2D eigenvalue weighted by atomic mass is 19.1. The highest BCUT2D eigenvalue weighted by molar-refractivity contribution is 5.69. The number of aromatic nitrogens is 1. The summed E-state index contributed by atoms with van der Waals surface area (Å²) in [6, 6.07) is 28.9. The van der Waals surface area contributed by atoms with Crippen LogP contribution in [0.25, 0.3) is 0 Å². The Labute approximate surface area is 247 Å². The van der Waals surface area contributed by atoms with Gasteiger partial charge >= 0.3 is 0 Å². The van der Waals surface area contributed by atoms with Crippen molar-refractivity contribution in [2.45, 2.75) is 32.3 Å². The number of hydrogen-bond donors (Lipinski definition) is 0. The van der Waals surface area contributed by atoms with Crippen molar-refractivity contribution >= 4 is 17.1 Å². The summed E-state index contributed by atoms with van der Waals surface area (Å²) in [5.41, 5.74) is 4.06. The fraction of sp³-hybridized carbons (Fsp3) is 0.324. The van der Waals surface area contributed by atoms with Gasteiger partial charge in [0.1, 0.15) is 24.7 Å². The summed E-state index contributed by atoms with van der Waals surface area (Å²) in [5.74, 6) is 0.888. The van der Waals surface area contributed by atoms with E-state index in [2.05, 4.69) is 9.88 Å². The summed E-state index contributed by atoms with van der Waals surface area (Å²) in [6.07, 6.45) is 1.52. The molecule has 0 atom stereocenters. The highest BCUT2D eigenvalue weighted by Crippen LogP contribution is 2.36. The lowest BCUT2D eigenvalue weighted by atomic mass is 9.95. The fourth-order valence-corrected chi connectivity index (χ4v) is 5.31. The summed E-state index contributed by atoms with van der Waals surface area (Å²) in [5, 5.41) is 0. The Bertz CT molecular complexity index is 1410.